The van der Waals surface area contributed by atoms with Crippen LogP contribution in [0.25, 0.3) is 0 Å². The lowest BCUT2D eigenvalue weighted by molar-refractivity contribution is 0.145. The van der Waals surface area contributed by atoms with Gasteiger partial charge in [0.15, 0.2) is 9.84 Å². The van der Waals surface area contributed by atoms with E-state index < -0.39 is 15.9 Å². The van der Waals surface area contributed by atoms with Crippen LogP contribution in [-0.4, -0.2) is 56.5 Å². The Morgan fingerprint density at radius 1 is 1.24 bits per heavy atom. The Bertz CT molecular complexity index is 959. The van der Waals surface area contributed by atoms with Gasteiger partial charge >= 0.3 is 6.09 Å². The number of rotatable bonds is 7. The summed E-state index contributed by atoms with van der Waals surface area (Å²) >= 11 is 0. The number of hydrogen-bond acceptors (Lipinski definition) is 5. The number of carboxylic acid groups (broad SMARTS) is 1. The van der Waals surface area contributed by atoms with Gasteiger partial charge < -0.3 is 19.6 Å². The Hall–Kier alpha value is -2.74. The minimum atomic E-state index is -3.20. The van der Waals surface area contributed by atoms with Crippen LogP contribution in [0.5, 0.6) is 5.75 Å². The van der Waals surface area contributed by atoms with Gasteiger partial charge in [0.05, 0.1) is 11.4 Å². The molecule has 1 amide bonds. The average Bonchev–Trinajstić information content (AvgIpc) is 3.14. The molecule has 7 nitrogen and oxygen atoms in total. The molecule has 156 valence electrons. The van der Waals surface area contributed by atoms with E-state index in [1.54, 1.807) is 12.1 Å². The molecule has 0 aromatic heterocycles. The van der Waals surface area contributed by atoms with E-state index in [1.807, 2.05) is 43.3 Å². The first-order valence-corrected chi connectivity index (χ1v) is 11.4. The molecule has 1 fully saturated rings. The fraction of sp³-hybridized carbons (Fsp3) is 0.381. The van der Waals surface area contributed by atoms with E-state index in [0.717, 1.165) is 30.0 Å². The maximum absolute atomic E-state index is 11.6. The van der Waals surface area contributed by atoms with Gasteiger partial charge in [0.1, 0.15) is 11.9 Å². The van der Waals surface area contributed by atoms with Crippen LogP contribution >= 0.6 is 0 Å². The third kappa shape index (κ3) is 5.41. The van der Waals surface area contributed by atoms with E-state index in [2.05, 4.69) is 4.90 Å². The number of amides is 1. The smallest absolute Gasteiger partial charge is 0.407 e. The van der Waals surface area contributed by atoms with Crippen LogP contribution in [0.4, 0.5) is 10.5 Å². The molecule has 0 spiro atoms. The first-order chi connectivity index (χ1) is 13.8. The Balaban J connectivity index is 1.61. The van der Waals surface area contributed by atoms with Crippen LogP contribution in [-0.2, 0) is 16.4 Å². The quantitative estimate of drug-likeness (QED) is 0.743. The normalized spacial score (nSPS) is 16.6. The molecule has 0 radical (unpaired) electrons. The SMILES string of the molecule is CCN(Cc1cccc(OC2CCN(c3ccc(S(C)(=O)=O)cc3)C2)c1)C(=O)O. The van der Waals surface area contributed by atoms with Crippen molar-refractivity contribution in [2.75, 3.05) is 30.8 Å². The summed E-state index contributed by atoms with van der Waals surface area (Å²) in [4.78, 5) is 15.0. The molecule has 8 heteroatoms. The summed E-state index contributed by atoms with van der Waals surface area (Å²) in [6.45, 7) is 4.09. The second kappa shape index (κ2) is 8.73. The van der Waals surface area contributed by atoms with Crippen LogP contribution in [0, 0.1) is 0 Å². The first-order valence-electron chi connectivity index (χ1n) is 9.55. The number of benzene rings is 2. The molecule has 1 heterocycles. The van der Waals surface area contributed by atoms with Crippen molar-refractivity contribution < 1.29 is 23.1 Å². The van der Waals surface area contributed by atoms with Crippen molar-refractivity contribution in [3.05, 3.63) is 54.1 Å². The first kappa shape index (κ1) is 21.0. The third-order valence-electron chi connectivity index (χ3n) is 5.00. The van der Waals surface area contributed by atoms with Crippen LogP contribution in [0.3, 0.4) is 0 Å². The summed E-state index contributed by atoms with van der Waals surface area (Å²) in [6.07, 6.45) is 1.13. The summed E-state index contributed by atoms with van der Waals surface area (Å²) in [5, 5.41) is 9.19. The maximum Gasteiger partial charge on any atom is 0.407 e. The van der Waals surface area contributed by atoms with Gasteiger partial charge in [-0.2, -0.15) is 0 Å². The molecule has 29 heavy (non-hydrogen) atoms. The van der Waals surface area contributed by atoms with E-state index in [1.165, 1.54) is 11.2 Å². The molecule has 0 aliphatic carbocycles. The van der Waals surface area contributed by atoms with Crippen LogP contribution < -0.4 is 9.64 Å². The zero-order valence-corrected chi connectivity index (χ0v) is 17.4. The number of carbonyl (C=O) groups is 1. The Kier molecular flexibility index (Phi) is 6.32. The summed E-state index contributed by atoms with van der Waals surface area (Å²) in [6, 6.07) is 14.4. The molecule has 2 aromatic rings. The Morgan fingerprint density at radius 3 is 2.59 bits per heavy atom. The zero-order chi connectivity index (χ0) is 21.0. The molecule has 1 saturated heterocycles. The number of ether oxygens (including phenoxy) is 1. The lowest BCUT2D eigenvalue weighted by Gasteiger charge is -2.20. The topological polar surface area (TPSA) is 87.2 Å². The van der Waals surface area contributed by atoms with Crippen molar-refractivity contribution >= 4 is 21.6 Å². The molecule has 1 aliphatic heterocycles. The van der Waals surface area contributed by atoms with Crippen LogP contribution in [0.2, 0.25) is 0 Å². The third-order valence-corrected chi connectivity index (χ3v) is 6.13. The van der Waals surface area contributed by atoms with Gasteiger partial charge in [-0.25, -0.2) is 13.2 Å². The van der Waals surface area contributed by atoms with Gasteiger partial charge in [0, 0.05) is 38.0 Å². The molecular weight excluding hydrogens is 392 g/mol. The maximum atomic E-state index is 11.6. The van der Waals surface area contributed by atoms with E-state index >= 15 is 0 Å². The highest BCUT2D eigenvalue weighted by molar-refractivity contribution is 7.90. The number of anilines is 1. The molecule has 2 aromatic carbocycles. The summed E-state index contributed by atoms with van der Waals surface area (Å²) in [7, 11) is -3.20. The highest BCUT2D eigenvalue weighted by Gasteiger charge is 2.24. The van der Waals surface area contributed by atoms with Crippen LogP contribution in [0.1, 0.15) is 18.9 Å². The van der Waals surface area contributed by atoms with E-state index in [0.29, 0.717) is 24.5 Å². The summed E-state index contributed by atoms with van der Waals surface area (Å²) in [5.41, 5.74) is 1.86. The van der Waals surface area contributed by atoms with Gasteiger partial charge in [0.25, 0.3) is 0 Å². The average molecular weight is 419 g/mol. The fourth-order valence-electron chi connectivity index (χ4n) is 3.41. The standard InChI is InChI=1S/C21H26N2O5S/c1-3-22(21(24)25)14-16-5-4-6-18(13-16)28-19-11-12-23(15-19)17-7-9-20(10-8-17)29(2,26)27/h4-10,13,19H,3,11-12,14-15H2,1-2H3,(H,24,25). The minimum absolute atomic E-state index is 0.0154. The number of nitrogens with zero attached hydrogens (tertiary/aromatic N) is 2. The fourth-order valence-corrected chi connectivity index (χ4v) is 4.04. The molecule has 0 bridgehead atoms. The number of sulfone groups is 1. The van der Waals surface area contributed by atoms with Gasteiger partial charge in [-0.1, -0.05) is 12.1 Å². The van der Waals surface area contributed by atoms with Crippen molar-refractivity contribution in [1.82, 2.24) is 4.90 Å². The second-order valence-corrected chi connectivity index (χ2v) is 9.20. The van der Waals surface area contributed by atoms with Gasteiger partial charge in [-0.15, -0.1) is 0 Å². The van der Waals surface area contributed by atoms with E-state index in [4.69, 9.17) is 4.74 Å². The Morgan fingerprint density at radius 2 is 1.97 bits per heavy atom. The highest BCUT2D eigenvalue weighted by Crippen LogP contribution is 2.25. The second-order valence-electron chi connectivity index (χ2n) is 7.18. The van der Waals surface area contributed by atoms with Crippen molar-refractivity contribution in [2.45, 2.75) is 30.9 Å². The van der Waals surface area contributed by atoms with Crippen LogP contribution in [0.15, 0.2) is 53.4 Å². The van der Waals surface area contributed by atoms with E-state index in [-0.39, 0.29) is 6.10 Å². The monoisotopic (exact) mass is 418 g/mol. The van der Waals surface area contributed by atoms with Crippen molar-refractivity contribution in [2.24, 2.45) is 0 Å². The minimum Gasteiger partial charge on any atom is -0.489 e. The molecule has 3 rings (SSSR count). The van der Waals surface area contributed by atoms with E-state index in [9.17, 15) is 18.3 Å². The van der Waals surface area contributed by atoms with Gasteiger partial charge in [-0.3, -0.25) is 0 Å². The molecule has 1 N–H and O–H groups in total. The highest BCUT2D eigenvalue weighted by atomic mass is 32.2. The van der Waals surface area contributed by atoms with Gasteiger partial charge in [-0.05, 0) is 48.9 Å². The molecular formula is C21H26N2O5S. The largest absolute Gasteiger partial charge is 0.489 e. The molecule has 0 saturated carbocycles. The van der Waals surface area contributed by atoms with Crippen molar-refractivity contribution in [3.8, 4) is 5.75 Å². The summed E-state index contributed by atoms with van der Waals surface area (Å²) in [5.74, 6) is 0.725. The van der Waals surface area contributed by atoms with Gasteiger partial charge in [0.2, 0.25) is 0 Å². The molecule has 1 atom stereocenters. The van der Waals surface area contributed by atoms with Crippen molar-refractivity contribution in [1.29, 1.82) is 0 Å². The Labute approximate surface area is 171 Å². The predicted octanol–water partition coefficient (Wildman–Crippen LogP) is 3.25. The summed E-state index contributed by atoms with van der Waals surface area (Å²) < 4.78 is 29.3. The molecule has 1 unspecified atom stereocenters. The predicted molar refractivity (Wildman–Crippen MR) is 111 cm³/mol. The zero-order valence-electron chi connectivity index (χ0n) is 16.6. The number of hydrogen-bond donors (Lipinski definition) is 1. The molecule has 1 aliphatic rings. The lowest BCUT2D eigenvalue weighted by Crippen LogP contribution is -2.28. The van der Waals surface area contributed by atoms with Crippen molar-refractivity contribution in [3.63, 3.8) is 0 Å². The lowest BCUT2D eigenvalue weighted by atomic mass is 10.2.